The lowest BCUT2D eigenvalue weighted by Crippen LogP contribution is -2.27. The highest BCUT2D eigenvalue weighted by atomic mass is 35.5. The van der Waals surface area contributed by atoms with Crippen LogP contribution in [-0.4, -0.2) is 70.6 Å². The largest absolute Gasteiger partial charge is 0.460 e. The maximum atomic E-state index is 12.5. The molecule has 2 aromatic heterocycles. The van der Waals surface area contributed by atoms with Gasteiger partial charge in [-0.1, -0.05) is 17.7 Å². The average molecular weight is 527 g/mol. The molecule has 1 saturated carbocycles. The molecule has 1 aromatic carbocycles. The highest BCUT2D eigenvalue weighted by Gasteiger charge is 2.25. The number of nitrogens with one attached hydrogen (secondary N) is 2. The van der Waals surface area contributed by atoms with E-state index in [0.717, 1.165) is 69.4 Å². The van der Waals surface area contributed by atoms with E-state index >= 15 is 0 Å². The summed E-state index contributed by atoms with van der Waals surface area (Å²) >= 11 is 6.54. The van der Waals surface area contributed by atoms with E-state index in [-0.39, 0.29) is 18.1 Å². The summed E-state index contributed by atoms with van der Waals surface area (Å²) in [6.45, 7) is 3.66. The van der Waals surface area contributed by atoms with Crippen LogP contribution in [0.3, 0.4) is 0 Å². The zero-order chi connectivity index (χ0) is 25.2. The fourth-order valence-electron chi connectivity index (χ4n) is 4.72. The second kappa shape index (κ2) is 10.8. The number of hydrogen-bond donors (Lipinski definition) is 2. The molecule has 0 atom stereocenters. The van der Waals surface area contributed by atoms with Gasteiger partial charge in [0.1, 0.15) is 6.10 Å². The van der Waals surface area contributed by atoms with Gasteiger partial charge >= 0.3 is 6.01 Å². The molecule has 11 heteroatoms. The molecule has 0 radical (unpaired) electrons. The van der Waals surface area contributed by atoms with Crippen LogP contribution in [0.5, 0.6) is 6.01 Å². The van der Waals surface area contributed by atoms with Crippen molar-refractivity contribution in [3.05, 3.63) is 35.0 Å². The van der Waals surface area contributed by atoms with E-state index in [1.54, 1.807) is 22.8 Å². The SMILES string of the molecule is O=C(NC1CC1)c1ccc(-c2cnn3c(NCC4CCOCC4)nc(OC4CCOCC4)nc23)cc1Cl. The third-order valence-corrected chi connectivity index (χ3v) is 7.43. The van der Waals surface area contributed by atoms with Crippen molar-refractivity contribution in [1.82, 2.24) is 24.9 Å². The van der Waals surface area contributed by atoms with E-state index in [2.05, 4.69) is 20.7 Å². The first-order valence-corrected chi connectivity index (χ1v) is 13.4. The number of carbonyl (C=O) groups excluding carboxylic acids is 1. The van der Waals surface area contributed by atoms with Crippen LogP contribution in [0.15, 0.2) is 24.4 Å². The van der Waals surface area contributed by atoms with Crippen molar-refractivity contribution in [2.24, 2.45) is 5.92 Å². The number of fused-ring (bicyclic) bond motifs is 1. The van der Waals surface area contributed by atoms with Gasteiger partial charge < -0.3 is 24.8 Å². The molecule has 196 valence electrons. The summed E-state index contributed by atoms with van der Waals surface area (Å²) in [4.78, 5) is 22.0. The zero-order valence-corrected chi connectivity index (χ0v) is 21.4. The molecular weight excluding hydrogens is 496 g/mol. The Hall–Kier alpha value is -2.95. The summed E-state index contributed by atoms with van der Waals surface area (Å²) in [6.07, 6.45) is 7.41. The monoisotopic (exact) mass is 526 g/mol. The Morgan fingerprint density at radius 2 is 1.81 bits per heavy atom. The first-order valence-electron chi connectivity index (χ1n) is 13.1. The van der Waals surface area contributed by atoms with Crippen molar-refractivity contribution in [3.8, 4) is 17.1 Å². The van der Waals surface area contributed by atoms with Crippen LogP contribution in [-0.2, 0) is 9.47 Å². The molecule has 3 fully saturated rings. The molecule has 0 bridgehead atoms. The molecule has 2 N–H and O–H groups in total. The minimum atomic E-state index is -0.145. The molecule has 37 heavy (non-hydrogen) atoms. The third kappa shape index (κ3) is 5.66. The van der Waals surface area contributed by atoms with Gasteiger partial charge in [0.15, 0.2) is 5.65 Å². The number of aromatic nitrogens is 4. The predicted octanol–water partition coefficient (Wildman–Crippen LogP) is 3.73. The minimum absolute atomic E-state index is 0.00428. The topological polar surface area (TPSA) is 112 Å². The second-order valence-corrected chi connectivity index (χ2v) is 10.3. The lowest BCUT2D eigenvalue weighted by Gasteiger charge is -2.23. The first kappa shape index (κ1) is 24.4. The van der Waals surface area contributed by atoms with E-state index < -0.39 is 0 Å². The summed E-state index contributed by atoms with van der Waals surface area (Å²) in [5.74, 6) is 0.936. The highest BCUT2D eigenvalue weighted by Crippen LogP contribution is 2.31. The smallest absolute Gasteiger partial charge is 0.322 e. The van der Waals surface area contributed by atoms with Gasteiger partial charge in [0, 0.05) is 44.2 Å². The maximum Gasteiger partial charge on any atom is 0.322 e. The number of ether oxygens (including phenoxy) is 3. The van der Waals surface area contributed by atoms with Gasteiger partial charge in [-0.2, -0.15) is 19.6 Å². The van der Waals surface area contributed by atoms with Crippen molar-refractivity contribution >= 4 is 29.1 Å². The molecule has 2 saturated heterocycles. The number of nitrogens with zero attached hydrogens (tertiary/aromatic N) is 4. The zero-order valence-electron chi connectivity index (χ0n) is 20.6. The summed E-state index contributed by atoms with van der Waals surface area (Å²) in [6, 6.07) is 5.99. The number of benzene rings is 1. The fourth-order valence-corrected chi connectivity index (χ4v) is 4.98. The van der Waals surface area contributed by atoms with Gasteiger partial charge in [-0.25, -0.2) is 0 Å². The Labute approximate surface area is 220 Å². The second-order valence-electron chi connectivity index (χ2n) is 9.93. The van der Waals surface area contributed by atoms with Gasteiger partial charge in [0.05, 0.1) is 30.0 Å². The van der Waals surface area contributed by atoms with E-state index in [1.165, 1.54) is 0 Å². The van der Waals surface area contributed by atoms with Gasteiger partial charge in [-0.05, 0) is 49.3 Å². The Balaban J connectivity index is 1.31. The Kier molecular flexibility index (Phi) is 7.12. The van der Waals surface area contributed by atoms with Crippen molar-refractivity contribution in [2.75, 3.05) is 38.3 Å². The van der Waals surface area contributed by atoms with Crippen LogP contribution in [0.4, 0.5) is 5.95 Å². The van der Waals surface area contributed by atoms with Gasteiger partial charge in [0.25, 0.3) is 5.91 Å². The third-order valence-electron chi connectivity index (χ3n) is 7.11. The average Bonchev–Trinajstić information content (AvgIpc) is 3.63. The Morgan fingerprint density at radius 3 is 2.54 bits per heavy atom. The summed E-state index contributed by atoms with van der Waals surface area (Å²) in [7, 11) is 0. The molecule has 4 heterocycles. The fraction of sp³-hybridized carbons (Fsp3) is 0.538. The van der Waals surface area contributed by atoms with Crippen molar-refractivity contribution < 1.29 is 19.0 Å². The standard InChI is InChI=1S/C26H31ClN6O4/c27-22-13-17(1-4-20(22)24(34)30-18-2-3-18)21-15-29-33-23(21)31-26(37-19-7-11-36-12-8-19)32-25(33)28-14-16-5-9-35-10-6-16/h1,4,13,15-16,18-19H,2-3,5-12,14H2,(H,30,34)(H,28,31,32). The lowest BCUT2D eigenvalue weighted by atomic mass is 10.0. The first-order chi connectivity index (χ1) is 18.1. The molecule has 1 aliphatic carbocycles. The van der Waals surface area contributed by atoms with Crippen molar-refractivity contribution in [3.63, 3.8) is 0 Å². The molecule has 3 aromatic rings. The number of rotatable bonds is 8. The Morgan fingerprint density at radius 1 is 1.05 bits per heavy atom. The molecule has 1 amide bonds. The molecule has 10 nitrogen and oxygen atoms in total. The normalized spacial score (nSPS) is 19.2. The lowest BCUT2D eigenvalue weighted by molar-refractivity contribution is 0.0218. The molecule has 6 rings (SSSR count). The van der Waals surface area contributed by atoms with E-state index in [1.807, 2.05) is 6.07 Å². The molecule has 0 unspecified atom stereocenters. The van der Waals surface area contributed by atoms with E-state index in [0.29, 0.717) is 47.3 Å². The molecule has 2 aliphatic heterocycles. The van der Waals surface area contributed by atoms with Crippen LogP contribution in [0.2, 0.25) is 5.02 Å². The van der Waals surface area contributed by atoms with Crippen molar-refractivity contribution in [1.29, 1.82) is 0 Å². The van der Waals surface area contributed by atoms with E-state index in [9.17, 15) is 4.79 Å². The number of halogens is 1. The summed E-state index contributed by atoms with van der Waals surface area (Å²) < 4.78 is 18.9. The molecular formula is C26H31ClN6O4. The number of carbonyl (C=O) groups is 1. The minimum Gasteiger partial charge on any atom is -0.460 e. The number of amides is 1. The number of anilines is 1. The number of hydrogen-bond acceptors (Lipinski definition) is 8. The van der Waals surface area contributed by atoms with Crippen LogP contribution in [0, 0.1) is 5.92 Å². The van der Waals surface area contributed by atoms with Crippen LogP contribution >= 0.6 is 11.6 Å². The Bertz CT molecular complexity index is 1270. The maximum absolute atomic E-state index is 12.5. The highest BCUT2D eigenvalue weighted by molar-refractivity contribution is 6.34. The quantitative estimate of drug-likeness (QED) is 0.456. The summed E-state index contributed by atoms with van der Waals surface area (Å²) in [5, 5.41) is 11.4. The molecule has 3 aliphatic rings. The van der Waals surface area contributed by atoms with Crippen LogP contribution in [0.1, 0.15) is 48.9 Å². The predicted molar refractivity (Wildman–Crippen MR) is 138 cm³/mol. The van der Waals surface area contributed by atoms with E-state index in [4.69, 9.17) is 30.8 Å². The summed E-state index contributed by atoms with van der Waals surface area (Å²) in [5.41, 5.74) is 2.67. The van der Waals surface area contributed by atoms with Crippen LogP contribution < -0.4 is 15.4 Å². The van der Waals surface area contributed by atoms with Crippen LogP contribution in [0.25, 0.3) is 16.8 Å². The van der Waals surface area contributed by atoms with Gasteiger partial charge in [0.2, 0.25) is 5.95 Å². The van der Waals surface area contributed by atoms with Gasteiger partial charge in [-0.15, -0.1) is 0 Å². The van der Waals surface area contributed by atoms with Crippen molar-refractivity contribution in [2.45, 2.75) is 50.7 Å². The molecule has 0 spiro atoms. The van der Waals surface area contributed by atoms with Gasteiger partial charge in [-0.3, -0.25) is 4.79 Å².